The molecule has 1 fully saturated rings. The fraction of sp³-hybridized carbons (Fsp3) is 0.714. The van der Waals surface area contributed by atoms with Crippen molar-refractivity contribution >= 4 is 23.3 Å². The van der Waals surface area contributed by atoms with Crippen LogP contribution in [0.3, 0.4) is 0 Å². The highest BCUT2D eigenvalue weighted by Crippen LogP contribution is 2.04. The first kappa shape index (κ1) is 9.25. The minimum absolute atomic E-state index is 0.224. The summed E-state index contributed by atoms with van der Waals surface area (Å²) in [5, 5.41) is 0. The number of cyclic esters (lactones) is 1. The smallest absolute Gasteiger partial charge is 0.409 e. The standard InChI is InChI=1S/C7H12N2O2S/c8-6(12)2-1-3-9-4-5-11-7(9)10/h1-5H2,(H2,8,12). The second kappa shape index (κ2) is 4.25. The van der Waals surface area contributed by atoms with E-state index in [1.165, 1.54) is 0 Å². The summed E-state index contributed by atoms with van der Waals surface area (Å²) in [7, 11) is 0. The second-order valence-electron chi connectivity index (χ2n) is 2.67. The van der Waals surface area contributed by atoms with Gasteiger partial charge in [0.1, 0.15) is 6.61 Å². The van der Waals surface area contributed by atoms with E-state index in [1.807, 2.05) is 0 Å². The van der Waals surface area contributed by atoms with Crippen molar-refractivity contribution in [3.63, 3.8) is 0 Å². The molecule has 1 amide bonds. The van der Waals surface area contributed by atoms with Crippen molar-refractivity contribution < 1.29 is 9.53 Å². The van der Waals surface area contributed by atoms with Gasteiger partial charge in [0.25, 0.3) is 0 Å². The van der Waals surface area contributed by atoms with Gasteiger partial charge < -0.3 is 15.4 Å². The molecule has 0 spiro atoms. The lowest BCUT2D eigenvalue weighted by Gasteiger charge is -2.10. The van der Waals surface area contributed by atoms with E-state index in [2.05, 4.69) is 0 Å². The highest BCUT2D eigenvalue weighted by molar-refractivity contribution is 7.80. The lowest BCUT2D eigenvalue weighted by molar-refractivity contribution is 0.158. The first-order chi connectivity index (χ1) is 5.70. The Morgan fingerprint density at radius 3 is 3.00 bits per heavy atom. The van der Waals surface area contributed by atoms with E-state index >= 15 is 0 Å². The molecule has 0 saturated carbocycles. The number of carbonyl (C=O) groups excluding carboxylic acids is 1. The van der Waals surface area contributed by atoms with Gasteiger partial charge in [-0.2, -0.15) is 0 Å². The van der Waals surface area contributed by atoms with E-state index in [9.17, 15) is 4.79 Å². The van der Waals surface area contributed by atoms with E-state index in [4.69, 9.17) is 22.7 Å². The minimum atomic E-state index is -0.224. The summed E-state index contributed by atoms with van der Waals surface area (Å²) in [6, 6.07) is 0. The van der Waals surface area contributed by atoms with E-state index in [1.54, 1.807) is 4.90 Å². The van der Waals surface area contributed by atoms with Gasteiger partial charge in [-0.3, -0.25) is 0 Å². The van der Waals surface area contributed by atoms with Crippen LogP contribution in [0.25, 0.3) is 0 Å². The van der Waals surface area contributed by atoms with Crippen LogP contribution in [0.15, 0.2) is 0 Å². The van der Waals surface area contributed by atoms with Crippen molar-refractivity contribution in [2.45, 2.75) is 12.8 Å². The normalized spacial score (nSPS) is 16.3. The number of rotatable bonds is 4. The summed E-state index contributed by atoms with van der Waals surface area (Å²) in [5.74, 6) is 0. The molecule has 2 N–H and O–H groups in total. The summed E-state index contributed by atoms with van der Waals surface area (Å²) >= 11 is 4.71. The maximum Gasteiger partial charge on any atom is 0.409 e. The topological polar surface area (TPSA) is 55.6 Å². The molecule has 1 saturated heterocycles. The molecule has 12 heavy (non-hydrogen) atoms. The number of amides is 1. The van der Waals surface area contributed by atoms with E-state index in [0.717, 1.165) is 6.42 Å². The highest BCUT2D eigenvalue weighted by atomic mass is 32.1. The Balaban J connectivity index is 2.14. The van der Waals surface area contributed by atoms with Crippen molar-refractivity contribution in [3.05, 3.63) is 0 Å². The molecule has 5 heteroatoms. The molecule has 1 heterocycles. The number of nitrogens with zero attached hydrogens (tertiary/aromatic N) is 1. The van der Waals surface area contributed by atoms with Crippen molar-refractivity contribution in [1.82, 2.24) is 4.90 Å². The lowest BCUT2D eigenvalue weighted by Crippen LogP contribution is -2.26. The van der Waals surface area contributed by atoms with Gasteiger partial charge in [0.15, 0.2) is 0 Å². The number of thiocarbonyl (C=S) groups is 1. The predicted octanol–water partition coefficient (Wildman–Crippen LogP) is 0.505. The van der Waals surface area contributed by atoms with Crippen LogP contribution in [-0.2, 0) is 4.74 Å². The van der Waals surface area contributed by atoms with Gasteiger partial charge in [-0.1, -0.05) is 12.2 Å². The Bertz CT molecular complexity index is 196. The van der Waals surface area contributed by atoms with Crippen molar-refractivity contribution in [2.24, 2.45) is 5.73 Å². The average Bonchev–Trinajstić information content (AvgIpc) is 2.36. The molecule has 0 atom stereocenters. The SMILES string of the molecule is NC(=S)CCCN1CCOC1=O. The van der Waals surface area contributed by atoms with Crippen LogP contribution >= 0.6 is 12.2 Å². The molecule has 1 aliphatic heterocycles. The van der Waals surface area contributed by atoms with Gasteiger partial charge in [0, 0.05) is 6.54 Å². The summed E-state index contributed by atoms with van der Waals surface area (Å²) in [5.41, 5.74) is 5.31. The van der Waals surface area contributed by atoms with Crippen LogP contribution in [0.5, 0.6) is 0 Å². The summed E-state index contributed by atoms with van der Waals surface area (Å²) < 4.78 is 4.75. The van der Waals surface area contributed by atoms with Crippen molar-refractivity contribution in [2.75, 3.05) is 19.7 Å². The Hall–Kier alpha value is -0.840. The van der Waals surface area contributed by atoms with Crippen LogP contribution in [0.2, 0.25) is 0 Å². The zero-order valence-corrected chi connectivity index (χ0v) is 7.60. The molecule has 0 aromatic carbocycles. The molecule has 4 nitrogen and oxygen atoms in total. The largest absolute Gasteiger partial charge is 0.448 e. The molecular formula is C7H12N2O2S. The van der Waals surface area contributed by atoms with Gasteiger partial charge in [0.2, 0.25) is 0 Å². The Morgan fingerprint density at radius 1 is 1.75 bits per heavy atom. The third-order valence-electron chi connectivity index (χ3n) is 1.70. The maximum absolute atomic E-state index is 10.9. The van der Waals surface area contributed by atoms with Gasteiger partial charge >= 0.3 is 6.09 Å². The highest BCUT2D eigenvalue weighted by Gasteiger charge is 2.20. The molecule has 1 aliphatic rings. The minimum Gasteiger partial charge on any atom is -0.448 e. The zero-order chi connectivity index (χ0) is 8.97. The third-order valence-corrected chi connectivity index (χ3v) is 1.90. The molecule has 0 unspecified atom stereocenters. The van der Waals surface area contributed by atoms with Crippen LogP contribution in [0.4, 0.5) is 4.79 Å². The molecular weight excluding hydrogens is 176 g/mol. The zero-order valence-electron chi connectivity index (χ0n) is 6.78. The molecule has 1 rings (SSSR count). The van der Waals surface area contributed by atoms with E-state index < -0.39 is 0 Å². The first-order valence-corrected chi connectivity index (χ1v) is 4.31. The second-order valence-corrected chi connectivity index (χ2v) is 3.20. The number of hydrogen-bond acceptors (Lipinski definition) is 3. The maximum atomic E-state index is 10.9. The summed E-state index contributed by atoms with van der Waals surface area (Å²) in [4.78, 5) is 13.1. The van der Waals surface area contributed by atoms with Crippen molar-refractivity contribution in [3.8, 4) is 0 Å². The average molecular weight is 188 g/mol. The number of carbonyl (C=O) groups is 1. The van der Waals surface area contributed by atoms with Gasteiger partial charge in [0.05, 0.1) is 11.5 Å². The van der Waals surface area contributed by atoms with Crippen LogP contribution < -0.4 is 5.73 Å². The molecule has 68 valence electrons. The molecule has 0 bridgehead atoms. The number of ether oxygens (including phenoxy) is 1. The number of nitrogens with two attached hydrogens (primary N) is 1. The Kier molecular flexibility index (Phi) is 3.28. The van der Waals surface area contributed by atoms with Gasteiger partial charge in [-0.15, -0.1) is 0 Å². The molecule has 0 aromatic rings. The van der Waals surface area contributed by atoms with Crippen LogP contribution in [0, 0.1) is 0 Å². The quantitative estimate of drug-likeness (QED) is 0.653. The number of hydrogen-bond donors (Lipinski definition) is 1. The third kappa shape index (κ3) is 2.65. The fourth-order valence-corrected chi connectivity index (χ4v) is 1.22. The predicted molar refractivity (Wildman–Crippen MR) is 48.9 cm³/mol. The van der Waals surface area contributed by atoms with E-state index in [0.29, 0.717) is 31.1 Å². The Morgan fingerprint density at radius 2 is 2.50 bits per heavy atom. The van der Waals surface area contributed by atoms with Gasteiger partial charge in [-0.05, 0) is 12.8 Å². The van der Waals surface area contributed by atoms with Crippen molar-refractivity contribution in [1.29, 1.82) is 0 Å². The lowest BCUT2D eigenvalue weighted by atomic mass is 10.3. The monoisotopic (exact) mass is 188 g/mol. The van der Waals surface area contributed by atoms with Gasteiger partial charge in [-0.25, -0.2) is 4.79 Å². The van der Waals surface area contributed by atoms with Crippen LogP contribution in [-0.4, -0.2) is 35.7 Å². The molecule has 0 aliphatic carbocycles. The summed E-state index contributed by atoms with van der Waals surface area (Å²) in [6.45, 7) is 1.89. The molecule has 0 radical (unpaired) electrons. The first-order valence-electron chi connectivity index (χ1n) is 3.90. The fourth-order valence-electron chi connectivity index (χ4n) is 1.07. The molecule has 0 aromatic heterocycles. The van der Waals surface area contributed by atoms with Crippen LogP contribution in [0.1, 0.15) is 12.8 Å². The Labute approximate surface area is 76.7 Å². The van der Waals surface area contributed by atoms with E-state index in [-0.39, 0.29) is 6.09 Å². The summed E-state index contributed by atoms with van der Waals surface area (Å²) in [6.07, 6.45) is 1.29.